The van der Waals surface area contributed by atoms with Gasteiger partial charge >= 0.3 is 5.97 Å². The van der Waals surface area contributed by atoms with E-state index in [9.17, 15) is 14.4 Å². The molecule has 1 aliphatic heterocycles. The van der Waals surface area contributed by atoms with Crippen LogP contribution in [0.1, 0.15) is 40.0 Å². The first-order chi connectivity index (χ1) is 11.0. The van der Waals surface area contributed by atoms with Gasteiger partial charge in [0.15, 0.2) is 0 Å². The third kappa shape index (κ3) is 4.79. The van der Waals surface area contributed by atoms with E-state index in [1.54, 1.807) is 0 Å². The highest BCUT2D eigenvalue weighted by Gasteiger charge is 2.27. The molecule has 4 N–H and O–H groups in total. The molecule has 0 radical (unpaired) electrons. The molecule has 0 bridgehead atoms. The fraction of sp³-hybridized carbons (Fsp3) is 0.438. The molecule has 7 heteroatoms. The third-order valence-electron chi connectivity index (χ3n) is 3.97. The summed E-state index contributed by atoms with van der Waals surface area (Å²) in [6.45, 7) is 1.20. The normalized spacial score (nSPS) is 16.5. The SMILES string of the molecule is NC(=O)CC(NC(=O)c1ccc(C(=O)O)cc1)C1CCOCC1. The molecule has 1 aromatic rings. The van der Waals surface area contributed by atoms with Crippen molar-refractivity contribution in [1.29, 1.82) is 0 Å². The second-order valence-electron chi connectivity index (χ2n) is 5.58. The summed E-state index contributed by atoms with van der Waals surface area (Å²) >= 11 is 0. The average Bonchev–Trinajstić information content (AvgIpc) is 2.54. The molecule has 0 saturated carbocycles. The molecule has 1 aromatic carbocycles. The van der Waals surface area contributed by atoms with Gasteiger partial charge in [0, 0.05) is 31.2 Å². The number of benzene rings is 1. The van der Waals surface area contributed by atoms with Crippen LogP contribution in [-0.2, 0) is 9.53 Å². The summed E-state index contributed by atoms with van der Waals surface area (Å²) in [5.41, 5.74) is 5.74. The van der Waals surface area contributed by atoms with Gasteiger partial charge in [0.1, 0.15) is 0 Å². The first-order valence-corrected chi connectivity index (χ1v) is 7.47. The summed E-state index contributed by atoms with van der Waals surface area (Å²) < 4.78 is 5.30. The number of carbonyl (C=O) groups excluding carboxylic acids is 2. The van der Waals surface area contributed by atoms with E-state index in [0.717, 1.165) is 12.8 Å². The van der Waals surface area contributed by atoms with Crippen LogP contribution in [0.3, 0.4) is 0 Å². The highest BCUT2D eigenvalue weighted by Crippen LogP contribution is 2.21. The Labute approximate surface area is 133 Å². The highest BCUT2D eigenvalue weighted by atomic mass is 16.5. The Morgan fingerprint density at radius 3 is 2.26 bits per heavy atom. The van der Waals surface area contributed by atoms with Crippen molar-refractivity contribution in [3.8, 4) is 0 Å². The Balaban J connectivity index is 2.06. The van der Waals surface area contributed by atoms with Crippen LogP contribution in [0.2, 0.25) is 0 Å². The lowest BCUT2D eigenvalue weighted by Gasteiger charge is -2.30. The molecule has 1 aliphatic rings. The van der Waals surface area contributed by atoms with Gasteiger partial charge in [-0.3, -0.25) is 9.59 Å². The first-order valence-electron chi connectivity index (χ1n) is 7.47. The van der Waals surface area contributed by atoms with Gasteiger partial charge < -0.3 is 20.9 Å². The maximum absolute atomic E-state index is 12.3. The van der Waals surface area contributed by atoms with Crippen molar-refractivity contribution in [3.05, 3.63) is 35.4 Å². The van der Waals surface area contributed by atoms with Crippen LogP contribution in [0.5, 0.6) is 0 Å². The Bertz CT molecular complexity index is 579. The monoisotopic (exact) mass is 320 g/mol. The number of amides is 2. The predicted octanol–water partition coefficient (Wildman–Crippen LogP) is 0.785. The number of carboxylic acids is 1. The van der Waals surface area contributed by atoms with Gasteiger partial charge in [-0.25, -0.2) is 4.79 Å². The second-order valence-corrected chi connectivity index (χ2v) is 5.58. The maximum atomic E-state index is 12.3. The molecule has 1 unspecified atom stereocenters. The lowest BCUT2D eigenvalue weighted by molar-refractivity contribution is -0.118. The molecular formula is C16H20N2O5. The van der Waals surface area contributed by atoms with Crippen molar-refractivity contribution < 1.29 is 24.2 Å². The smallest absolute Gasteiger partial charge is 0.335 e. The largest absolute Gasteiger partial charge is 0.478 e. The van der Waals surface area contributed by atoms with E-state index in [-0.39, 0.29) is 29.9 Å². The van der Waals surface area contributed by atoms with E-state index in [1.807, 2.05) is 0 Å². The summed E-state index contributed by atoms with van der Waals surface area (Å²) in [7, 11) is 0. The molecule has 0 aromatic heterocycles. The van der Waals surface area contributed by atoms with E-state index in [0.29, 0.717) is 18.8 Å². The van der Waals surface area contributed by atoms with E-state index in [1.165, 1.54) is 24.3 Å². The minimum atomic E-state index is -1.05. The number of carboxylic acid groups (broad SMARTS) is 1. The molecule has 2 rings (SSSR count). The number of rotatable bonds is 6. The van der Waals surface area contributed by atoms with Crippen molar-refractivity contribution in [3.63, 3.8) is 0 Å². The molecule has 0 spiro atoms. The van der Waals surface area contributed by atoms with Crippen molar-refractivity contribution in [2.75, 3.05) is 13.2 Å². The number of hydrogen-bond acceptors (Lipinski definition) is 4. The van der Waals surface area contributed by atoms with Gasteiger partial charge in [-0.2, -0.15) is 0 Å². The fourth-order valence-electron chi connectivity index (χ4n) is 2.69. The van der Waals surface area contributed by atoms with Gasteiger partial charge in [-0.05, 0) is 43.0 Å². The van der Waals surface area contributed by atoms with E-state index in [4.69, 9.17) is 15.6 Å². The van der Waals surface area contributed by atoms with Crippen LogP contribution in [0.15, 0.2) is 24.3 Å². The molecule has 1 atom stereocenters. The van der Waals surface area contributed by atoms with Gasteiger partial charge in [0.2, 0.25) is 5.91 Å². The predicted molar refractivity (Wildman–Crippen MR) is 82.0 cm³/mol. The van der Waals surface area contributed by atoms with Gasteiger partial charge in [0.05, 0.1) is 5.56 Å². The number of hydrogen-bond donors (Lipinski definition) is 3. The molecule has 7 nitrogen and oxygen atoms in total. The molecule has 23 heavy (non-hydrogen) atoms. The minimum Gasteiger partial charge on any atom is -0.478 e. The Morgan fingerprint density at radius 1 is 1.17 bits per heavy atom. The van der Waals surface area contributed by atoms with E-state index >= 15 is 0 Å². The number of ether oxygens (including phenoxy) is 1. The number of nitrogens with two attached hydrogens (primary N) is 1. The molecule has 0 aliphatic carbocycles. The maximum Gasteiger partial charge on any atom is 0.335 e. The molecule has 1 saturated heterocycles. The van der Waals surface area contributed by atoms with Crippen LogP contribution < -0.4 is 11.1 Å². The lowest BCUT2D eigenvalue weighted by Crippen LogP contribution is -2.44. The Hall–Kier alpha value is -2.41. The number of carbonyl (C=O) groups is 3. The van der Waals surface area contributed by atoms with Gasteiger partial charge in [0.25, 0.3) is 5.91 Å². The summed E-state index contributed by atoms with van der Waals surface area (Å²) in [6.07, 6.45) is 1.59. The fourth-order valence-corrected chi connectivity index (χ4v) is 2.69. The van der Waals surface area contributed by atoms with Crippen LogP contribution in [0.25, 0.3) is 0 Å². The third-order valence-corrected chi connectivity index (χ3v) is 3.97. The topological polar surface area (TPSA) is 119 Å². The van der Waals surface area contributed by atoms with Gasteiger partial charge in [-0.1, -0.05) is 0 Å². The van der Waals surface area contributed by atoms with Crippen molar-refractivity contribution >= 4 is 17.8 Å². The molecule has 1 fully saturated rings. The van der Waals surface area contributed by atoms with Crippen molar-refractivity contribution in [1.82, 2.24) is 5.32 Å². The second kappa shape index (κ2) is 7.73. The molecule has 1 heterocycles. The molecular weight excluding hydrogens is 300 g/mol. The molecule has 2 amide bonds. The zero-order valence-electron chi connectivity index (χ0n) is 12.7. The lowest BCUT2D eigenvalue weighted by atomic mass is 9.89. The first kappa shape index (κ1) is 17.0. The number of nitrogens with one attached hydrogen (secondary N) is 1. The zero-order valence-corrected chi connectivity index (χ0v) is 12.7. The average molecular weight is 320 g/mol. The minimum absolute atomic E-state index is 0.0730. The Kier molecular flexibility index (Phi) is 5.70. The molecule has 124 valence electrons. The van der Waals surface area contributed by atoms with Crippen LogP contribution >= 0.6 is 0 Å². The number of primary amides is 1. The quantitative estimate of drug-likeness (QED) is 0.716. The van der Waals surface area contributed by atoms with Crippen LogP contribution in [0.4, 0.5) is 0 Å². The van der Waals surface area contributed by atoms with Crippen molar-refractivity contribution in [2.45, 2.75) is 25.3 Å². The standard InChI is InChI=1S/C16H20N2O5/c17-14(19)9-13(10-5-7-23-8-6-10)18-15(20)11-1-3-12(4-2-11)16(21)22/h1-4,10,13H,5-9H2,(H2,17,19)(H,18,20)(H,21,22). The van der Waals surface area contributed by atoms with E-state index in [2.05, 4.69) is 5.32 Å². The highest BCUT2D eigenvalue weighted by molar-refractivity contribution is 5.96. The van der Waals surface area contributed by atoms with Crippen LogP contribution in [0, 0.1) is 5.92 Å². The van der Waals surface area contributed by atoms with Crippen LogP contribution in [-0.4, -0.2) is 42.1 Å². The van der Waals surface area contributed by atoms with Crippen molar-refractivity contribution in [2.24, 2.45) is 11.7 Å². The summed E-state index contributed by atoms with van der Waals surface area (Å²) in [5, 5.41) is 11.7. The summed E-state index contributed by atoms with van der Waals surface area (Å²) in [4.78, 5) is 34.4. The summed E-state index contributed by atoms with van der Waals surface area (Å²) in [6, 6.07) is 5.29. The summed E-state index contributed by atoms with van der Waals surface area (Å²) in [5.74, 6) is -1.73. The zero-order chi connectivity index (χ0) is 16.8. The van der Waals surface area contributed by atoms with Gasteiger partial charge in [-0.15, -0.1) is 0 Å². The van der Waals surface area contributed by atoms with E-state index < -0.39 is 11.9 Å². The number of aromatic carboxylic acids is 1. The Morgan fingerprint density at radius 2 is 1.74 bits per heavy atom.